The number of carbonyl (C=O) groups is 2. The molecule has 0 saturated carbocycles. The maximum Gasteiger partial charge on any atom is 0.306 e. The van der Waals surface area contributed by atoms with E-state index in [1.54, 1.807) is 0 Å². The van der Waals surface area contributed by atoms with Gasteiger partial charge in [-0.25, -0.2) is 0 Å². The summed E-state index contributed by atoms with van der Waals surface area (Å²) in [6.45, 7) is 6.43. The molecule has 0 spiro atoms. The van der Waals surface area contributed by atoms with E-state index in [2.05, 4.69) is 86.8 Å². The highest BCUT2D eigenvalue weighted by Crippen LogP contribution is 2.17. The van der Waals surface area contributed by atoms with Gasteiger partial charge >= 0.3 is 5.97 Å². The Balaban J connectivity index is 4.65. The van der Waals surface area contributed by atoms with Gasteiger partial charge in [0.1, 0.15) is 6.10 Å². The fraction of sp³-hybridized carbons (Fsp3) is 0.786. The molecular weight excluding hydrogens is 767 g/mol. The number of esters is 1. The Hall–Kier alpha value is -2.44. The molecule has 360 valence electrons. The van der Waals surface area contributed by atoms with Crippen molar-refractivity contribution in [2.45, 2.75) is 277 Å². The first-order valence-corrected chi connectivity index (χ1v) is 26.5. The predicted molar refractivity (Wildman–Crippen MR) is 268 cm³/mol. The highest BCUT2D eigenvalue weighted by atomic mass is 16.5. The zero-order chi connectivity index (χ0) is 45.2. The van der Waals surface area contributed by atoms with E-state index in [1.165, 1.54) is 141 Å². The summed E-state index contributed by atoms with van der Waals surface area (Å²) in [5.41, 5.74) is 0. The van der Waals surface area contributed by atoms with Crippen LogP contribution in [-0.2, 0) is 14.3 Å². The lowest BCUT2D eigenvalue weighted by atomic mass is 10.0. The van der Waals surface area contributed by atoms with Gasteiger partial charge < -0.3 is 20.3 Å². The van der Waals surface area contributed by atoms with Crippen molar-refractivity contribution in [1.29, 1.82) is 0 Å². The molecule has 0 aliphatic carbocycles. The van der Waals surface area contributed by atoms with Gasteiger partial charge in [-0.15, -0.1) is 0 Å². The number of hydrogen-bond donors (Lipinski definition) is 3. The molecule has 6 heteroatoms. The number of aliphatic hydroxyl groups excluding tert-OH is 2. The van der Waals surface area contributed by atoms with Gasteiger partial charge in [0.2, 0.25) is 5.91 Å². The first kappa shape index (κ1) is 59.6. The topological polar surface area (TPSA) is 95.9 Å². The Labute approximate surface area is 384 Å². The first-order chi connectivity index (χ1) is 30.5. The average Bonchev–Trinajstić information content (AvgIpc) is 3.26. The second-order valence-electron chi connectivity index (χ2n) is 17.9. The molecule has 0 saturated heterocycles. The Bertz CT molecular complexity index is 1110. The third-order valence-corrected chi connectivity index (χ3v) is 11.8. The summed E-state index contributed by atoms with van der Waals surface area (Å²) in [5.74, 6) is -0.567. The zero-order valence-electron chi connectivity index (χ0n) is 41.0. The number of ether oxygens (including phenoxy) is 1. The lowest BCUT2D eigenvalue weighted by molar-refractivity contribution is -0.151. The molecule has 0 aliphatic rings. The molecule has 0 aliphatic heterocycles. The molecule has 0 aromatic heterocycles. The van der Waals surface area contributed by atoms with Crippen LogP contribution in [0.5, 0.6) is 0 Å². The quantitative estimate of drug-likeness (QED) is 0.0322. The summed E-state index contributed by atoms with van der Waals surface area (Å²) in [4.78, 5) is 26.1. The van der Waals surface area contributed by atoms with Gasteiger partial charge in [-0.05, 0) is 83.5 Å². The van der Waals surface area contributed by atoms with Crippen molar-refractivity contribution in [3.63, 3.8) is 0 Å². The van der Waals surface area contributed by atoms with Crippen LogP contribution in [-0.4, -0.2) is 46.9 Å². The van der Waals surface area contributed by atoms with E-state index in [-0.39, 0.29) is 24.9 Å². The zero-order valence-corrected chi connectivity index (χ0v) is 41.0. The van der Waals surface area contributed by atoms with E-state index >= 15 is 0 Å². The second-order valence-corrected chi connectivity index (χ2v) is 17.9. The molecule has 0 fully saturated rings. The summed E-state index contributed by atoms with van der Waals surface area (Å²) in [5, 5.41) is 23.8. The van der Waals surface area contributed by atoms with Gasteiger partial charge in [-0.1, -0.05) is 223 Å². The maximum atomic E-state index is 13.2. The van der Waals surface area contributed by atoms with Crippen LogP contribution in [0.25, 0.3) is 0 Å². The van der Waals surface area contributed by atoms with Crippen molar-refractivity contribution < 1.29 is 24.5 Å². The van der Waals surface area contributed by atoms with E-state index in [0.717, 1.165) is 64.2 Å². The smallest absolute Gasteiger partial charge is 0.306 e. The van der Waals surface area contributed by atoms with Crippen LogP contribution in [0, 0.1) is 0 Å². The number of carbonyl (C=O) groups excluding carboxylic acids is 2. The molecule has 0 heterocycles. The second kappa shape index (κ2) is 49.6. The van der Waals surface area contributed by atoms with E-state index in [0.29, 0.717) is 25.7 Å². The fourth-order valence-corrected chi connectivity index (χ4v) is 7.78. The van der Waals surface area contributed by atoms with Crippen molar-refractivity contribution in [1.82, 2.24) is 5.32 Å². The Morgan fingerprint density at radius 1 is 0.468 bits per heavy atom. The number of aliphatic hydroxyl groups is 2. The van der Waals surface area contributed by atoms with Gasteiger partial charge in [0, 0.05) is 6.42 Å². The van der Waals surface area contributed by atoms with Crippen molar-refractivity contribution >= 4 is 11.9 Å². The summed E-state index contributed by atoms with van der Waals surface area (Å²) < 4.78 is 5.89. The molecule has 3 unspecified atom stereocenters. The van der Waals surface area contributed by atoms with Gasteiger partial charge in [0.05, 0.1) is 25.2 Å². The molecular formula is C56H101NO5. The Kier molecular flexibility index (Phi) is 47.6. The molecule has 0 radical (unpaired) electrons. The van der Waals surface area contributed by atoms with Crippen LogP contribution >= 0.6 is 0 Å². The average molecular weight is 868 g/mol. The first-order valence-electron chi connectivity index (χ1n) is 26.5. The number of unbranched alkanes of at least 4 members (excludes halogenated alkanes) is 25. The minimum absolute atomic E-state index is 0.0345. The summed E-state index contributed by atoms with van der Waals surface area (Å²) >= 11 is 0. The largest absolute Gasteiger partial charge is 0.462 e. The van der Waals surface area contributed by atoms with E-state index in [9.17, 15) is 19.8 Å². The standard InChI is InChI=1S/C56H101NO5/c1-4-7-10-13-16-19-22-25-27-28-29-31-34-37-40-43-46-49-56(61)62-52(47-44-41-38-35-32-24-21-18-15-12-9-6-3)50-55(60)57-53(51-58)54(59)48-45-42-39-36-33-30-26-23-20-17-14-11-8-5-2/h16,19,25,27,29,31,35,37-38,40,52-54,58-59H,4-15,17-18,20-24,26,28,30,32-34,36,39,41-51H2,1-3H3,(H,57,60)/b19-16-,27-25-,31-29-,38-35-,40-37-. The number of hydrogen-bond acceptors (Lipinski definition) is 5. The highest BCUT2D eigenvalue weighted by molar-refractivity contribution is 5.77. The van der Waals surface area contributed by atoms with Crippen LogP contribution in [0.15, 0.2) is 60.8 Å². The van der Waals surface area contributed by atoms with E-state index in [1.807, 2.05) is 0 Å². The predicted octanol–water partition coefficient (Wildman–Crippen LogP) is 16.0. The lowest BCUT2D eigenvalue weighted by Crippen LogP contribution is -2.46. The Morgan fingerprint density at radius 2 is 0.839 bits per heavy atom. The molecule has 3 N–H and O–H groups in total. The number of amides is 1. The summed E-state index contributed by atoms with van der Waals surface area (Å²) in [7, 11) is 0. The van der Waals surface area contributed by atoms with E-state index in [4.69, 9.17) is 4.74 Å². The summed E-state index contributed by atoms with van der Waals surface area (Å²) in [6, 6.07) is -0.721. The number of nitrogens with one attached hydrogen (secondary N) is 1. The normalized spacial score (nSPS) is 13.7. The number of allylic oxidation sites excluding steroid dienone is 10. The van der Waals surface area contributed by atoms with Gasteiger partial charge in [0.25, 0.3) is 0 Å². The highest BCUT2D eigenvalue weighted by Gasteiger charge is 2.24. The van der Waals surface area contributed by atoms with Crippen molar-refractivity contribution in [3.05, 3.63) is 60.8 Å². The van der Waals surface area contributed by atoms with Crippen LogP contribution in [0.2, 0.25) is 0 Å². The molecule has 6 nitrogen and oxygen atoms in total. The molecule has 0 aromatic carbocycles. The SMILES string of the molecule is CCCCC/C=C\C/C=C\C/C=C\C/C=C\CCCC(=O)OC(CCC/C=C\CCCCCCCCC)CC(=O)NC(CO)C(O)CCCCCCCCCCCCCCCC. The van der Waals surface area contributed by atoms with Crippen molar-refractivity contribution in [3.8, 4) is 0 Å². The van der Waals surface area contributed by atoms with Gasteiger partial charge in [-0.3, -0.25) is 9.59 Å². The van der Waals surface area contributed by atoms with Gasteiger partial charge in [0.15, 0.2) is 0 Å². The molecule has 0 bridgehead atoms. The lowest BCUT2D eigenvalue weighted by Gasteiger charge is -2.24. The third-order valence-electron chi connectivity index (χ3n) is 11.8. The van der Waals surface area contributed by atoms with E-state index < -0.39 is 18.2 Å². The number of rotatable bonds is 47. The minimum Gasteiger partial charge on any atom is -0.462 e. The molecule has 1 amide bonds. The van der Waals surface area contributed by atoms with Crippen LogP contribution in [0.1, 0.15) is 258 Å². The van der Waals surface area contributed by atoms with Crippen molar-refractivity contribution in [2.24, 2.45) is 0 Å². The van der Waals surface area contributed by atoms with Crippen LogP contribution < -0.4 is 5.32 Å². The van der Waals surface area contributed by atoms with Crippen LogP contribution in [0.4, 0.5) is 0 Å². The van der Waals surface area contributed by atoms with Crippen LogP contribution in [0.3, 0.4) is 0 Å². The van der Waals surface area contributed by atoms with Gasteiger partial charge in [-0.2, -0.15) is 0 Å². The Morgan fingerprint density at radius 3 is 1.32 bits per heavy atom. The third kappa shape index (κ3) is 44.2. The summed E-state index contributed by atoms with van der Waals surface area (Å²) in [6.07, 6.45) is 61.4. The molecule has 62 heavy (non-hydrogen) atoms. The molecule has 0 aromatic rings. The maximum absolute atomic E-state index is 13.2. The molecule has 0 rings (SSSR count). The fourth-order valence-electron chi connectivity index (χ4n) is 7.78. The minimum atomic E-state index is -0.804. The monoisotopic (exact) mass is 868 g/mol. The van der Waals surface area contributed by atoms with Crippen molar-refractivity contribution in [2.75, 3.05) is 6.61 Å². The molecule has 3 atom stereocenters.